The molecule has 2 heterocycles. The van der Waals surface area contributed by atoms with Gasteiger partial charge in [-0.1, -0.05) is 26.7 Å². The van der Waals surface area contributed by atoms with Crippen LogP contribution in [0.25, 0.3) is 0 Å². The molecule has 5 atom stereocenters. The Labute approximate surface area is 123 Å². The second-order valence-corrected chi connectivity index (χ2v) is 7.62. The Morgan fingerprint density at radius 3 is 2.50 bits per heavy atom. The lowest BCUT2D eigenvalue weighted by atomic mass is 9.78. The minimum Gasteiger partial charge on any atom is -0.353 e. The predicted molar refractivity (Wildman–Crippen MR) is 81.4 cm³/mol. The van der Waals surface area contributed by atoms with E-state index in [1.54, 1.807) is 0 Å². The summed E-state index contributed by atoms with van der Waals surface area (Å²) in [6, 6.07) is 1.81. The average Bonchev–Trinajstić information content (AvgIpc) is 2.74. The molecule has 1 aliphatic carbocycles. The molecule has 0 aromatic heterocycles. The van der Waals surface area contributed by atoms with Gasteiger partial charge in [0.2, 0.25) is 5.91 Å². The van der Waals surface area contributed by atoms with Crippen molar-refractivity contribution in [2.24, 2.45) is 17.8 Å². The van der Waals surface area contributed by atoms with E-state index in [1.807, 2.05) is 0 Å². The van der Waals surface area contributed by atoms with Gasteiger partial charge in [0.15, 0.2) is 0 Å². The molecule has 3 heteroatoms. The van der Waals surface area contributed by atoms with Gasteiger partial charge in [-0.2, -0.15) is 0 Å². The number of fused-ring (bicyclic) bond motifs is 2. The highest BCUT2D eigenvalue weighted by Gasteiger charge is 2.35. The first kappa shape index (κ1) is 14.4. The number of nitrogens with one attached hydrogen (secondary N) is 2. The molecule has 114 valence electrons. The fraction of sp³-hybridized carbons (Fsp3) is 0.941. The van der Waals surface area contributed by atoms with E-state index in [0.717, 1.165) is 12.3 Å². The van der Waals surface area contributed by atoms with Gasteiger partial charge in [-0.15, -0.1) is 0 Å². The third kappa shape index (κ3) is 3.19. The van der Waals surface area contributed by atoms with Gasteiger partial charge in [0.25, 0.3) is 0 Å². The van der Waals surface area contributed by atoms with Crippen LogP contribution in [0.15, 0.2) is 0 Å². The van der Waals surface area contributed by atoms with Crippen molar-refractivity contribution < 1.29 is 4.79 Å². The maximum Gasteiger partial charge on any atom is 0.220 e. The molecule has 0 spiro atoms. The van der Waals surface area contributed by atoms with Gasteiger partial charge in [0, 0.05) is 24.5 Å². The number of carbonyl (C=O) groups is 1. The Morgan fingerprint density at radius 2 is 1.80 bits per heavy atom. The van der Waals surface area contributed by atoms with Crippen molar-refractivity contribution in [1.82, 2.24) is 10.6 Å². The van der Waals surface area contributed by atoms with Crippen LogP contribution in [0.2, 0.25) is 0 Å². The Bertz CT molecular complexity index is 345. The summed E-state index contributed by atoms with van der Waals surface area (Å²) in [7, 11) is 0. The molecule has 20 heavy (non-hydrogen) atoms. The van der Waals surface area contributed by atoms with Crippen LogP contribution in [0.4, 0.5) is 0 Å². The fourth-order valence-corrected chi connectivity index (χ4v) is 4.66. The predicted octanol–water partition coefficient (Wildman–Crippen LogP) is 2.85. The van der Waals surface area contributed by atoms with E-state index < -0.39 is 0 Å². The summed E-state index contributed by atoms with van der Waals surface area (Å²) in [6.07, 6.45) is 9.58. The highest BCUT2D eigenvalue weighted by Crippen LogP contribution is 2.33. The first-order valence-electron chi connectivity index (χ1n) is 8.67. The maximum absolute atomic E-state index is 12.3. The molecule has 0 aromatic rings. The number of rotatable bonds is 3. The van der Waals surface area contributed by atoms with Crippen LogP contribution >= 0.6 is 0 Å². The summed E-state index contributed by atoms with van der Waals surface area (Å²) in [5, 5.41) is 6.99. The van der Waals surface area contributed by atoms with Crippen molar-refractivity contribution in [1.29, 1.82) is 0 Å². The molecule has 3 fully saturated rings. The highest BCUT2D eigenvalue weighted by molar-refractivity contribution is 5.76. The highest BCUT2D eigenvalue weighted by atomic mass is 16.1. The summed E-state index contributed by atoms with van der Waals surface area (Å²) in [6.45, 7) is 4.63. The van der Waals surface area contributed by atoms with Crippen LogP contribution < -0.4 is 10.6 Å². The molecule has 0 aromatic carbocycles. The number of amides is 1. The third-order valence-electron chi connectivity index (χ3n) is 6.10. The second-order valence-electron chi connectivity index (χ2n) is 7.62. The van der Waals surface area contributed by atoms with Gasteiger partial charge in [-0.25, -0.2) is 0 Å². The molecule has 3 nitrogen and oxygen atoms in total. The monoisotopic (exact) mass is 278 g/mol. The number of hydrogen-bond donors (Lipinski definition) is 2. The zero-order valence-corrected chi connectivity index (χ0v) is 13.0. The van der Waals surface area contributed by atoms with E-state index in [2.05, 4.69) is 24.5 Å². The van der Waals surface area contributed by atoms with Crippen LogP contribution in [0, 0.1) is 17.8 Å². The summed E-state index contributed by atoms with van der Waals surface area (Å²) in [4.78, 5) is 12.3. The lowest BCUT2D eigenvalue weighted by Gasteiger charge is -2.35. The molecular weight excluding hydrogens is 248 g/mol. The quantitative estimate of drug-likeness (QED) is 0.833. The smallest absolute Gasteiger partial charge is 0.220 e. The molecule has 5 unspecified atom stereocenters. The molecule has 2 aliphatic heterocycles. The Balaban J connectivity index is 1.47. The molecular formula is C17H30N2O. The lowest BCUT2D eigenvalue weighted by Crippen LogP contribution is -2.45. The molecule has 0 radical (unpaired) electrons. The molecule has 1 saturated carbocycles. The maximum atomic E-state index is 12.3. The average molecular weight is 278 g/mol. The van der Waals surface area contributed by atoms with E-state index in [0.29, 0.717) is 35.9 Å². The minimum absolute atomic E-state index is 0.308. The third-order valence-corrected chi connectivity index (χ3v) is 6.10. The number of carbonyl (C=O) groups excluding carboxylic acids is 1. The van der Waals surface area contributed by atoms with Crippen LogP contribution in [0.1, 0.15) is 65.2 Å². The first-order valence-corrected chi connectivity index (χ1v) is 8.67. The Kier molecular flexibility index (Phi) is 4.34. The van der Waals surface area contributed by atoms with Crippen molar-refractivity contribution in [3.05, 3.63) is 0 Å². The van der Waals surface area contributed by atoms with E-state index in [1.165, 1.54) is 44.9 Å². The standard InChI is InChI=1S/C17H30N2O/c1-11-4-3-5-16(12(11)2)19-17(20)10-13-8-14-6-7-15(9-13)18-14/h11-16,18H,3-10H2,1-2H3,(H,19,20). The van der Waals surface area contributed by atoms with Crippen LogP contribution in [-0.2, 0) is 4.79 Å². The molecule has 2 N–H and O–H groups in total. The van der Waals surface area contributed by atoms with Crippen molar-refractivity contribution >= 4 is 5.91 Å². The fourth-order valence-electron chi connectivity index (χ4n) is 4.66. The molecule has 3 rings (SSSR count). The summed E-state index contributed by atoms with van der Waals surface area (Å²) in [5.74, 6) is 2.31. The Morgan fingerprint density at radius 1 is 1.10 bits per heavy atom. The lowest BCUT2D eigenvalue weighted by molar-refractivity contribution is -0.123. The second kappa shape index (κ2) is 6.05. The summed E-state index contributed by atoms with van der Waals surface area (Å²) >= 11 is 0. The number of piperidine rings is 1. The van der Waals surface area contributed by atoms with Gasteiger partial charge in [0.05, 0.1) is 0 Å². The van der Waals surface area contributed by atoms with Crippen LogP contribution in [0.5, 0.6) is 0 Å². The van der Waals surface area contributed by atoms with Crippen molar-refractivity contribution in [3.8, 4) is 0 Å². The SMILES string of the molecule is CC1CCCC(NC(=O)CC2CC3CCC(C2)N3)C1C. The van der Waals surface area contributed by atoms with Gasteiger partial charge >= 0.3 is 0 Å². The van der Waals surface area contributed by atoms with Crippen molar-refractivity contribution in [2.45, 2.75) is 83.3 Å². The van der Waals surface area contributed by atoms with Gasteiger partial charge in [-0.3, -0.25) is 4.79 Å². The van der Waals surface area contributed by atoms with E-state index in [9.17, 15) is 4.79 Å². The van der Waals surface area contributed by atoms with Gasteiger partial charge < -0.3 is 10.6 Å². The van der Waals surface area contributed by atoms with Crippen LogP contribution in [-0.4, -0.2) is 24.0 Å². The normalized spacial score (nSPS) is 44.3. The first-order chi connectivity index (χ1) is 9.61. The summed E-state index contributed by atoms with van der Waals surface area (Å²) in [5.41, 5.74) is 0. The van der Waals surface area contributed by atoms with Gasteiger partial charge in [0.1, 0.15) is 0 Å². The van der Waals surface area contributed by atoms with E-state index >= 15 is 0 Å². The minimum atomic E-state index is 0.308. The van der Waals surface area contributed by atoms with Crippen molar-refractivity contribution in [3.63, 3.8) is 0 Å². The topological polar surface area (TPSA) is 41.1 Å². The van der Waals surface area contributed by atoms with Crippen LogP contribution in [0.3, 0.4) is 0 Å². The van der Waals surface area contributed by atoms with E-state index in [4.69, 9.17) is 0 Å². The zero-order valence-electron chi connectivity index (χ0n) is 13.0. The largest absolute Gasteiger partial charge is 0.353 e. The number of hydrogen-bond acceptors (Lipinski definition) is 2. The molecule has 2 bridgehead atoms. The van der Waals surface area contributed by atoms with Gasteiger partial charge in [-0.05, 0) is 49.9 Å². The Hall–Kier alpha value is -0.570. The summed E-state index contributed by atoms with van der Waals surface area (Å²) < 4.78 is 0. The zero-order chi connectivity index (χ0) is 14.1. The van der Waals surface area contributed by atoms with Crippen molar-refractivity contribution in [2.75, 3.05) is 0 Å². The van der Waals surface area contributed by atoms with E-state index in [-0.39, 0.29) is 0 Å². The molecule has 2 saturated heterocycles. The molecule has 3 aliphatic rings. The molecule has 1 amide bonds.